The van der Waals surface area contributed by atoms with Crippen molar-refractivity contribution in [1.82, 2.24) is 0 Å². The molecule has 11 nitrogen and oxygen atoms in total. The van der Waals surface area contributed by atoms with E-state index in [0.717, 1.165) is 70.6 Å². The van der Waals surface area contributed by atoms with Crippen LogP contribution in [0.2, 0.25) is 0 Å². The van der Waals surface area contributed by atoms with Crippen molar-refractivity contribution in [2.24, 2.45) is 4.99 Å². The van der Waals surface area contributed by atoms with Crippen LogP contribution >= 0.6 is 21.6 Å². The van der Waals surface area contributed by atoms with Gasteiger partial charge in [-0.25, -0.2) is 0 Å². The number of Topliss-reactive ketones (excluding diaryl/α,β-unsaturated/α-hetero) is 1. The summed E-state index contributed by atoms with van der Waals surface area (Å²) in [5.74, 6) is 2.57. The molecule has 0 aliphatic carbocycles. The van der Waals surface area contributed by atoms with Gasteiger partial charge in [0.1, 0.15) is 24.7 Å². The van der Waals surface area contributed by atoms with Crippen LogP contribution in [0, 0.1) is 6.92 Å². The number of para-hydroxylation sites is 2. The zero-order valence-corrected chi connectivity index (χ0v) is 41.0. The SMILES string of the molecule is CCC(=O)CCCSSC(C)(C)CCC(=O)Nc1cc(COc2cc3c(cc2C)C(=O)N2c4ccccc4C[C@H]2C=N3)cc(COc2cc3c(cc2OC)C(=O)N2c4ccccc4C[C@H]2CC3)c1. The average Bonchev–Trinajstić information content (AvgIpc) is 3.83. The van der Waals surface area contributed by atoms with Crippen LogP contribution in [0.1, 0.15) is 113 Å². The lowest BCUT2D eigenvalue weighted by Gasteiger charge is -2.23. The highest BCUT2D eigenvalue weighted by Gasteiger charge is 2.38. The van der Waals surface area contributed by atoms with E-state index in [0.29, 0.717) is 77.6 Å². The topological polar surface area (TPSA) is 127 Å². The smallest absolute Gasteiger partial charge is 0.261 e. The maximum atomic E-state index is 14.1. The molecule has 0 aromatic heterocycles. The van der Waals surface area contributed by atoms with Crippen LogP contribution < -0.4 is 29.3 Å². The van der Waals surface area contributed by atoms with Crippen molar-refractivity contribution in [3.63, 3.8) is 0 Å². The maximum absolute atomic E-state index is 14.1. The number of aliphatic imine (C=N–C) groups is 1. The molecule has 0 radical (unpaired) electrons. The van der Waals surface area contributed by atoms with Crippen molar-refractivity contribution in [1.29, 1.82) is 0 Å². The second-order valence-corrected chi connectivity index (χ2v) is 21.8. The van der Waals surface area contributed by atoms with Crippen LogP contribution in [-0.4, -0.2) is 59.4 Å². The van der Waals surface area contributed by atoms with Crippen molar-refractivity contribution in [2.75, 3.05) is 28.0 Å². The minimum absolute atomic E-state index is 0.0274. The van der Waals surface area contributed by atoms with E-state index >= 15 is 0 Å². The average molecular weight is 951 g/mol. The van der Waals surface area contributed by atoms with Crippen LogP contribution in [0.4, 0.5) is 22.7 Å². The van der Waals surface area contributed by atoms with Gasteiger partial charge in [-0.1, -0.05) is 64.9 Å². The molecule has 4 heterocycles. The molecule has 3 amide bonds. The Bertz CT molecular complexity index is 2810. The zero-order valence-electron chi connectivity index (χ0n) is 39.4. The summed E-state index contributed by atoms with van der Waals surface area (Å²) in [5.41, 5.74) is 9.88. The third-order valence-electron chi connectivity index (χ3n) is 13.2. The molecule has 4 aliphatic rings. The number of nitrogens with one attached hydrogen (secondary N) is 1. The van der Waals surface area contributed by atoms with E-state index in [1.807, 2.05) is 103 Å². The van der Waals surface area contributed by atoms with Gasteiger partial charge in [0, 0.05) is 77.1 Å². The van der Waals surface area contributed by atoms with Gasteiger partial charge in [-0.15, -0.1) is 0 Å². The summed E-state index contributed by atoms with van der Waals surface area (Å²) in [7, 11) is 5.09. The summed E-state index contributed by atoms with van der Waals surface area (Å²) in [4.78, 5) is 62.0. The number of anilines is 3. The number of carbonyl (C=O) groups is 4. The van der Waals surface area contributed by atoms with Crippen molar-refractivity contribution in [2.45, 2.75) is 116 Å². The van der Waals surface area contributed by atoms with Crippen molar-refractivity contribution < 1.29 is 33.4 Å². The van der Waals surface area contributed by atoms with Crippen molar-refractivity contribution in [3.05, 3.63) is 136 Å². The molecule has 0 unspecified atom stereocenters. The highest BCUT2D eigenvalue weighted by atomic mass is 33.1. The fourth-order valence-electron chi connectivity index (χ4n) is 9.61. The fraction of sp³-hybridized carbons (Fsp3) is 0.364. The molecule has 68 heavy (non-hydrogen) atoms. The van der Waals surface area contributed by atoms with Crippen LogP contribution in [0.15, 0.2) is 96.0 Å². The maximum Gasteiger partial charge on any atom is 0.261 e. The van der Waals surface area contributed by atoms with Crippen molar-refractivity contribution in [3.8, 4) is 17.2 Å². The molecule has 0 saturated heterocycles. The molecule has 5 aromatic rings. The molecule has 0 spiro atoms. The second-order valence-electron chi connectivity index (χ2n) is 18.7. The van der Waals surface area contributed by atoms with E-state index in [4.69, 9.17) is 19.2 Å². The quantitative estimate of drug-likeness (QED) is 0.0675. The van der Waals surface area contributed by atoms with Gasteiger partial charge < -0.3 is 24.4 Å². The van der Waals surface area contributed by atoms with Gasteiger partial charge >= 0.3 is 0 Å². The first-order chi connectivity index (χ1) is 32.9. The number of hydrogen-bond acceptors (Lipinski definition) is 10. The van der Waals surface area contributed by atoms with Gasteiger partial charge in [-0.3, -0.25) is 29.1 Å². The number of fused-ring (bicyclic) bond motifs is 8. The standard InChI is InChI=1S/C55H58N4O7S2/c1-6-43(60)14-11-21-67-68-55(3,4)20-19-52(61)57-40-24-35(32-65-49-30-46-45(22-34(49)2)54(63)59-42(31-56-46)27-39-13-8-10-16-48(39)59)23-36(25-40)33-66-51-28-37-17-18-41-26-38-12-7-9-15-47(38)58(41)53(62)44(37)29-50(51)64-5/h7-10,12-13,15-16,22-25,28-31,41-42H,6,11,14,17-21,26-27,32-33H2,1-5H3,(H,57,61)/t41-,42+/m1/s1. The molecule has 0 bridgehead atoms. The first-order valence-electron chi connectivity index (χ1n) is 23.6. The largest absolute Gasteiger partial charge is 0.493 e. The molecule has 0 saturated carbocycles. The molecule has 1 N–H and O–H groups in total. The Morgan fingerprint density at radius 1 is 0.794 bits per heavy atom. The molecule has 0 fully saturated rings. The Balaban J connectivity index is 0.925. The summed E-state index contributed by atoms with van der Waals surface area (Å²) in [5, 5.41) is 3.15. The first kappa shape index (κ1) is 47.0. The number of hydrogen-bond donors (Lipinski definition) is 1. The Morgan fingerprint density at radius 2 is 1.49 bits per heavy atom. The lowest BCUT2D eigenvalue weighted by molar-refractivity contribution is -0.119. The van der Waals surface area contributed by atoms with E-state index in [-0.39, 0.29) is 47.8 Å². The number of methoxy groups -OCH3 is 1. The number of ketones is 1. The summed E-state index contributed by atoms with van der Waals surface area (Å²) in [6, 6.07) is 29.4. The lowest BCUT2D eigenvalue weighted by atomic mass is 9.99. The summed E-state index contributed by atoms with van der Waals surface area (Å²) < 4.78 is 18.7. The van der Waals surface area contributed by atoms with Gasteiger partial charge in [0.25, 0.3) is 11.8 Å². The summed E-state index contributed by atoms with van der Waals surface area (Å²) in [6.45, 7) is 8.45. The molecular formula is C55H58N4O7S2. The van der Waals surface area contributed by atoms with Gasteiger partial charge in [-0.2, -0.15) is 0 Å². The third-order valence-corrected chi connectivity index (χ3v) is 16.7. The minimum atomic E-state index is -0.156. The van der Waals surface area contributed by atoms with Gasteiger partial charge in [0.15, 0.2) is 11.5 Å². The third kappa shape index (κ3) is 10.2. The molecular weight excluding hydrogens is 893 g/mol. The second kappa shape index (κ2) is 20.3. The lowest BCUT2D eigenvalue weighted by Crippen LogP contribution is -2.37. The molecule has 2 atom stereocenters. The molecule has 4 aliphatic heterocycles. The number of aryl methyl sites for hydroxylation is 2. The van der Waals surface area contributed by atoms with Crippen LogP contribution in [-0.2, 0) is 42.1 Å². The normalized spacial score (nSPS) is 16.7. The van der Waals surface area contributed by atoms with Crippen LogP contribution in [0.3, 0.4) is 0 Å². The summed E-state index contributed by atoms with van der Waals surface area (Å²) >= 11 is 0. The molecule has 13 heteroatoms. The Morgan fingerprint density at radius 3 is 2.22 bits per heavy atom. The summed E-state index contributed by atoms with van der Waals surface area (Å²) in [6.07, 6.45) is 8.01. The predicted octanol–water partition coefficient (Wildman–Crippen LogP) is 11.6. The Labute approximate surface area is 406 Å². The number of nitrogens with zero attached hydrogens (tertiary/aromatic N) is 3. The number of rotatable bonds is 18. The number of ether oxygens (including phenoxy) is 3. The van der Waals surface area contributed by atoms with E-state index in [1.165, 1.54) is 5.56 Å². The number of benzene rings is 5. The number of amides is 3. The first-order valence-corrected chi connectivity index (χ1v) is 25.9. The fourth-order valence-corrected chi connectivity index (χ4v) is 12.3. The Kier molecular flexibility index (Phi) is 14.0. The highest BCUT2D eigenvalue weighted by Crippen LogP contribution is 2.43. The van der Waals surface area contributed by atoms with E-state index in [1.54, 1.807) is 34.8 Å². The predicted molar refractivity (Wildman–Crippen MR) is 274 cm³/mol. The van der Waals surface area contributed by atoms with Gasteiger partial charge in [0.2, 0.25) is 5.91 Å². The van der Waals surface area contributed by atoms with Crippen LogP contribution in [0.25, 0.3) is 0 Å². The Hall–Kier alpha value is -6.05. The highest BCUT2D eigenvalue weighted by molar-refractivity contribution is 8.77. The molecule has 352 valence electrons. The van der Waals surface area contributed by atoms with E-state index < -0.39 is 0 Å². The minimum Gasteiger partial charge on any atom is -0.493 e. The molecule has 5 aromatic carbocycles. The van der Waals surface area contributed by atoms with Gasteiger partial charge in [-0.05, 0) is 135 Å². The van der Waals surface area contributed by atoms with Crippen LogP contribution in [0.5, 0.6) is 17.2 Å². The monoisotopic (exact) mass is 950 g/mol. The van der Waals surface area contributed by atoms with E-state index in [9.17, 15) is 19.2 Å². The van der Waals surface area contributed by atoms with Gasteiger partial charge in [0.05, 0.1) is 24.4 Å². The molecule has 9 rings (SSSR count). The van der Waals surface area contributed by atoms with E-state index in [2.05, 4.69) is 31.3 Å². The van der Waals surface area contributed by atoms with Crippen molar-refractivity contribution >= 4 is 74.1 Å². The zero-order chi connectivity index (χ0) is 47.5. The number of carbonyl (C=O) groups excluding carboxylic acids is 4.